The maximum absolute atomic E-state index is 13.3. The number of nitrogens with zero attached hydrogens (tertiary/aromatic N) is 4. The third-order valence-corrected chi connectivity index (χ3v) is 5.89. The molecule has 0 unspecified atom stereocenters. The Labute approximate surface area is 194 Å². The van der Waals surface area contributed by atoms with Crippen molar-refractivity contribution in [1.82, 2.24) is 14.8 Å². The quantitative estimate of drug-likeness (QED) is 0.330. The third kappa shape index (κ3) is 3.27. The Morgan fingerprint density at radius 2 is 1.61 bits per heavy atom. The maximum Gasteiger partial charge on any atom is 0.417 e. The smallest absolute Gasteiger partial charge is 0.268 e. The average molecular weight is 491 g/mol. The Morgan fingerprint density at radius 1 is 0.939 bits per heavy atom. The maximum atomic E-state index is 13.3. The van der Waals surface area contributed by atoms with E-state index in [0.29, 0.717) is 38.4 Å². The summed E-state index contributed by atoms with van der Waals surface area (Å²) in [6.07, 6.45) is -3.52. The number of aromatic nitrogens is 3. The van der Waals surface area contributed by atoms with Crippen LogP contribution in [0.5, 0.6) is 0 Å². The van der Waals surface area contributed by atoms with Gasteiger partial charge in [-0.1, -0.05) is 23.2 Å². The summed E-state index contributed by atoms with van der Waals surface area (Å²) in [5.41, 5.74) is 0.0113. The topological polar surface area (TPSA) is 68.1 Å². The van der Waals surface area contributed by atoms with Crippen molar-refractivity contribution in [2.24, 2.45) is 0 Å². The van der Waals surface area contributed by atoms with E-state index in [1.165, 1.54) is 16.9 Å². The molecule has 0 bridgehead atoms. The first-order chi connectivity index (χ1) is 15.6. The van der Waals surface area contributed by atoms with Gasteiger partial charge in [-0.05, 0) is 49.4 Å². The number of hydrogen-bond acceptors (Lipinski definition) is 4. The Hall–Kier alpha value is -3.43. The molecule has 1 aliphatic rings. The summed E-state index contributed by atoms with van der Waals surface area (Å²) in [4.78, 5) is 31.4. The highest BCUT2D eigenvalue weighted by molar-refractivity contribution is 6.38. The normalized spacial score (nSPS) is 13.8. The van der Waals surface area contributed by atoms with Gasteiger partial charge in [0.15, 0.2) is 5.65 Å². The van der Waals surface area contributed by atoms with Gasteiger partial charge in [-0.25, -0.2) is 14.6 Å². The van der Waals surface area contributed by atoms with Gasteiger partial charge in [0.05, 0.1) is 44.2 Å². The number of hydrogen-bond donors (Lipinski definition) is 0. The zero-order valence-electron chi connectivity index (χ0n) is 16.6. The number of alkyl halides is 3. The fourth-order valence-electron chi connectivity index (χ4n) is 3.83. The molecule has 2 aromatic carbocycles. The highest BCUT2D eigenvalue weighted by Crippen LogP contribution is 2.40. The summed E-state index contributed by atoms with van der Waals surface area (Å²) in [7, 11) is 0. The third-order valence-electron chi connectivity index (χ3n) is 5.31. The minimum Gasteiger partial charge on any atom is -0.268 e. The molecule has 1 aliphatic heterocycles. The first-order valence-electron chi connectivity index (χ1n) is 9.47. The lowest BCUT2D eigenvalue weighted by atomic mass is 10.1. The Morgan fingerprint density at radius 3 is 2.27 bits per heavy atom. The van der Waals surface area contributed by atoms with E-state index in [1.807, 2.05) is 0 Å². The Kier molecular flexibility index (Phi) is 4.73. The molecule has 33 heavy (non-hydrogen) atoms. The van der Waals surface area contributed by atoms with Crippen LogP contribution in [0.1, 0.15) is 32.0 Å². The fraction of sp³-hybridized carbons (Fsp3) is 0.0909. The van der Waals surface area contributed by atoms with Crippen LogP contribution in [-0.2, 0) is 6.18 Å². The molecule has 0 saturated carbocycles. The molecule has 0 aliphatic carbocycles. The summed E-state index contributed by atoms with van der Waals surface area (Å²) in [6, 6.07) is 9.64. The number of carbonyl (C=O) groups excluding carboxylic acids is 2. The molecule has 5 rings (SSSR count). The molecule has 0 saturated heterocycles. The zero-order chi connectivity index (χ0) is 23.7. The highest BCUT2D eigenvalue weighted by Gasteiger charge is 2.41. The van der Waals surface area contributed by atoms with Gasteiger partial charge in [0.25, 0.3) is 11.8 Å². The van der Waals surface area contributed by atoms with Gasteiger partial charge in [-0.15, -0.1) is 0 Å². The van der Waals surface area contributed by atoms with Crippen molar-refractivity contribution in [3.63, 3.8) is 0 Å². The van der Waals surface area contributed by atoms with Crippen LogP contribution in [0, 0.1) is 6.92 Å². The molecule has 166 valence electrons. The lowest BCUT2D eigenvalue weighted by Gasteiger charge is -2.17. The predicted octanol–water partition coefficient (Wildman–Crippen LogP) is 5.86. The van der Waals surface area contributed by atoms with Crippen molar-refractivity contribution in [3.05, 3.63) is 81.1 Å². The molecule has 4 aromatic rings. The summed E-state index contributed by atoms with van der Waals surface area (Å²) >= 11 is 11.6. The number of carbonyl (C=O) groups is 2. The van der Waals surface area contributed by atoms with E-state index in [1.54, 1.807) is 31.2 Å². The second kappa shape index (κ2) is 7.29. The minimum atomic E-state index is -4.75. The SMILES string of the molecule is Cc1nn(-c2ccc(Cl)cc2)c2ncc3c(c12)C(=O)N(c1ccc(Cl)c(C(F)(F)F)c1)C3=O. The number of anilines is 1. The lowest BCUT2D eigenvalue weighted by Crippen LogP contribution is -2.29. The largest absolute Gasteiger partial charge is 0.417 e. The van der Waals surface area contributed by atoms with Crippen molar-refractivity contribution in [1.29, 1.82) is 0 Å². The molecule has 0 atom stereocenters. The first kappa shape index (κ1) is 21.4. The lowest BCUT2D eigenvalue weighted by molar-refractivity contribution is -0.137. The fourth-order valence-corrected chi connectivity index (χ4v) is 4.18. The van der Waals surface area contributed by atoms with Crippen LogP contribution in [0.2, 0.25) is 10.0 Å². The molecule has 2 amide bonds. The Bertz CT molecular complexity index is 1480. The molecular weight excluding hydrogens is 480 g/mol. The van der Waals surface area contributed by atoms with E-state index in [9.17, 15) is 22.8 Å². The van der Waals surface area contributed by atoms with Gasteiger partial charge in [0.2, 0.25) is 0 Å². The van der Waals surface area contributed by atoms with Gasteiger partial charge in [0.1, 0.15) is 0 Å². The molecule has 0 spiro atoms. The van der Waals surface area contributed by atoms with E-state index < -0.39 is 28.6 Å². The van der Waals surface area contributed by atoms with Gasteiger partial charge in [-0.3, -0.25) is 9.59 Å². The highest BCUT2D eigenvalue weighted by atomic mass is 35.5. The van der Waals surface area contributed by atoms with Crippen LogP contribution in [0.15, 0.2) is 48.7 Å². The van der Waals surface area contributed by atoms with Crippen LogP contribution < -0.4 is 4.90 Å². The molecule has 6 nitrogen and oxygen atoms in total. The molecule has 0 fully saturated rings. The van der Waals surface area contributed by atoms with Crippen molar-refractivity contribution in [2.75, 3.05) is 4.90 Å². The van der Waals surface area contributed by atoms with Crippen LogP contribution in [0.4, 0.5) is 18.9 Å². The summed E-state index contributed by atoms with van der Waals surface area (Å²) in [5, 5.41) is 4.78. The number of amides is 2. The first-order valence-corrected chi connectivity index (χ1v) is 10.2. The average Bonchev–Trinajstić information content (AvgIpc) is 3.22. The second-order valence-electron chi connectivity index (χ2n) is 7.33. The van der Waals surface area contributed by atoms with Crippen LogP contribution in [-0.4, -0.2) is 26.6 Å². The van der Waals surface area contributed by atoms with Crippen molar-refractivity contribution >= 4 is 51.7 Å². The number of aryl methyl sites for hydroxylation is 1. The number of fused-ring (bicyclic) bond motifs is 3. The van der Waals surface area contributed by atoms with Crippen LogP contribution in [0.3, 0.4) is 0 Å². The minimum absolute atomic E-state index is 0.0187. The van der Waals surface area contributed by atoms with Crippen LogP contribution >= 0.6 is 23.2 Å². The number of halogens is 5. The van der Waals surface area contributed by atoms with E-state index in [0.717, 1.165) is 6.07 Å². The summed E-state index contributed by atoms with van der Waals surface area (Å²) in [6.45, 7) is 1.65. The zero-order valence-corrected chi connectivity index (χ0v) is 18.1. The standard InChI is InChI=1S/C22H11Cl2F3N4O2/c1-10-17-18-14(9-28-19(17)31(29-10)12-4-2-11(23)3-5-12)20(32)30(21(18)33)13-6-7-16(24)15(8-13)22(25,26)27/h2-9H,1H3. The number of imide groups is 1. The molecule has 3 heterocycles. The molecule has 2 aromatic heterocycles. The van der Waals surface area contributed by atoms with E-state index in [4.69, 9.17) is 23.2 Å². The van der Waals surface area contributed by atoms with Gasteiger partial charge >= 0.3 is 6.18 Å². The van der Waals surface area contributed by atoms with Gasteiger partial charge < -0.3 is 0 Å². The molecular formula is C22H11Cl2F3N4O2. The summed E-state index contributed by atoms with van der Waals surface area (Å²) < 4.78 is 41.5. The second-order valence-corrected chi connectivity index (χ2v) is 8.17. The van der Waals surface area contributed by atoms with Crippen molar-refractivity contribution < 1.29 is 22.8 Å². The molecule has 0 N–H and O–H groups in total. The number of rotatable bonds is 2. The molecule has 11 heteroatoms. The van der Waals surface area contributed by atoms with Crippen molar-refractivity contribution in [3.8, 4) is 5.69 Å². The van der Waals surface area contributed by atoms with Crippen LogP contribution in [0.25, 0.3) is 16.7 Å². The van der Waals surface area contributed by atoms with E-state index in [2.05, 4.69) is 10.1 Å². The van der Waals surface area contributed by atoms with Gasteiger partial charge in [-0.2, -0.15) is 18.3 Å². The predicted molar refractivity (Wildman–Crippen MR) is 116 cm³/mol. The number of benzene rings is 2. The molecule has 0 radical (unpaired) electrons. The van der Waals surface area contributed by atoms with Crippen molar-refractivity contribution in [2.45, 2.75) is 13.1 Å². The summed E-state index contributed by atoms with van der Waals surface area (Å²) in [5.74, 6) is -1.55. The number of pyridine rings is 1. The Balaban J connectivity index is 1.67. The monoisotopic (exact) mass is 490 g/mol. The van der Waals surface area contributed by atoms with E-state index >= 15 is 0 Å². The van der Waals surface area contributed by atoms with Gasteiger partial charge in [0, 0.05) is 11.2 Å². The van der Waals surface area contributed by atoms with E-state index in [-0.39, 0.29) is 16.8 Å².